The van der Waals surface area contributed by atoms with E-state index in [-0.39, 0.29) is 46.1 Å². The maximum atomic E-state index is 13.2. The first-order valence-electron chi connectivity index (χ1n) is 11.1. The number of pyridine rings is 1. The number of aromatic amines is 1. The van der Waals surface area contributed by atoms with Gasteiger partial charge in [0.1, 0.15) is 17.8 Å². The number of halogens is 3. The molecular formula is C23H24F3N7O2. The number of H-pyrrole nitrogens is 1. The fraction of sp³-hybridized carbons (Fsp3) is 0.435. The van der Waals surface area contributed by atoms with Crippen LogP contribution in [0, 0.1) is 17.2 Å². The lowest BCUT2D eigenvalue weighted by atomic mass is 9.90. The van der Waals surface area contributed by atoms with Crippen LogP contribution in [-0.4, -0.2) is 61.1 Å². The molecule has 1 aliphatic rings. The number of hydrogen-bond donors (Lipinski definition) is 3. The molecule has 2 atom stereocenters. The number of nitriles is 1. The lowest BCUT2D eigenvalue weighted by Gasteiger charge is -2.35. The second-order valence-corrected chi connectivity index (χ2v) is 8.66. The molecule has 35 heavy (non-hydrogen) atoms. The van der Waals surface area contributed by atoms with Gasteiger partial charge >= 0.3 is 6.18 Å². The normalized spacial score (nSPS) is 16.7. The van der Waals surface area contributed by atoms with Crippen LogP contribution in [0.2, 0.25) is 0 Å². The predicted molar refractivity (Wildman–Crippen MR) is 121 cm³/mol. The second kappa shape index (κ2) is 9.50. The third-order valence-corrected chi connectivity index (χ3v) is 6.30. The van der Waals surface area contributed by atoms with Gasteiger partial charge in [0.2, 0.25) is 5.95 Å². The van der Waals surface area contributed by atoms with Crippen LogP contribution in [0.25, 0.3) is 22.3 Å². The third-order valence-electron chi connectivity index (χ3n) is 6.30. The monoisotopic (exact) mass is 487 g/mol. The number of rotatable bonds is 5. The van der Waals surface area contributed by atoms with E-state index in [2.05, 4.69) is 25.3 Å². The van der Waals surface area contributed by atoms with Crippen molar-refractivity contribution >= 4 is 22.9 Å². The van der Waals surface area contributed by atoms with Gasteiger partial charge in [0, 0.05) is 42.5 Å². The number of likely N-dealkylation sites (tertiary alicyclic amines) is 1. The van der Waals surface area contributed by atoms with Crippen molar-refractivity contribution in [3.05, 3.63) is 35.8 Å². The minimum atomic E-state index is -4.56. The van der Waals surface area contributed by atoms with Crippen LogP contribution in [0.3, 0.4) is 0 Å². The number of nitrogens with one attached hydrogen (secondary N) is 2. The van der Waals surface area contributed by atoms with E-state index in [1.54, 1.807) is 4.90 Å². The number of fused-ring (bicyclic) bond motifs is 1. The van der Waals surface area contributed by atoms with Crippen molar-refractivity contribution < 1.29 is 23.1 Å². The van der Waals surface area contributed by atoms with Crippen molar-refractivity contribution in [3.8, 4) is 17.3 Å². The lowest BCUT2D eigenvalue weighted by Crippen LogP contribution is -2.45. The van der Waals surface area contributed by atoms with Gasteiger partial charge in [0.05, 0.1) is 23.0 Å². The van der Waals surface area contributed by atoms with Crippen LogP contribution >= 0.6 is 0 Å². The van der Waals surface area contributed by atoms with Gasteiger partial charge in [-0.15, -0.1) is 0 Å². The second-order valence-electron chi connectivity index (χ2n) is 8.66. The first-order chi connectivity index (χ1) is 16.6. The summed E-state index contributed by atoms with van der Waals surface area (Å²) in [6.07, 6.45) is -0.572. The van der Waals surface area contributed by atoms with Crippen LogP contribution in [0.5, 0.6) is 0 Å². The molecule has 0 saturated carbocycles. The highest BCUT2D eigenvalue weighted by Gasteiger charge is 2.32. The first-order valence-corrected chi connectivity index (χ1v) is 11.1. The zero-order valence-electron chi connectivity index (χ0n) is 19.1. The molecule has 3 aromatic rings. The average molecular weight is 487 g/mol. The lowest BCUT2D eigenvalue weighted by molar-refractivity contribution is -0.140. The van der Waals surface area contributed by atoms with E-state index >= 15 is 0 Å². The molecule has 0 bridgehead atoms. The summed E-state index contributed by atoms with van der Waals surface area (Å²) in [6, 6.07) is 2.91. The number of amides is 1. The van der Waals surface area contributed by atoms with Gasteiger partial charge in [-0.2, -0.15) is 18.4 Å². The zero-order chi connectivity index (χ0) is 25.3. The number of alkyl halides is 3. The minimum absolute atomic E-state index is 0.0685. The van der Waals surface area contributed by atoms with E-state index in [1.165, 1.54) is 19.3 Å². The molecule has 4 rings (SSSR count). The highest BCUT2D eigenvalue weighted by molar-refractivity contribution is 5.94. The Labute approximate surface area is 199 Å². The minimum Gasteiger partial charge on any atom is -0.384 e. The van der Waals surface area contributed by atoms with Crippen molar-refractivity contribution in [2.45, 2.75) is 45.0 Å². The van der Waals surface area contributed by atoms with Gasteiger partial charge in [0.25, 0.3) is 5.91 Å². The van der Waals surface area contributed by atoms with Crippen LogP contribution in [0.4, 0.5) is 19.1 Å². The predicted octanol–water partition coefficient (Wildman–Crippen LogP) is 3.33. The number of nitrogens with zero attached hydrogens (tertiary/aromatic N) is 5. The summed E-state index contributed by atoms with van der Waals surface area (Å²) in [6.45, 7) is 4.48. The molecule has 0 aliphatic carbocycles. The molecular weight excluding hydrogens is 463 g/mol. The SMILES string of the molecule is C[C@@H](O)C(=O)N1CCC([C@@H](C)Nc2ncc(C#N)c(-c3c[nH]c4ncc(C(F)(F)F)cc34)n2)CC1. The molecule has 184 valence electrons. The third kappa shape index (κ3) is 5.05. The molecule has 4 heterocycles. The number of piperidine rings is 1. The summed E-state index contributed by atoms with van der Waals surface area (Å²) in [5, 5.41) is 22.5. The van der Waals surface area contributed by atoms with Crippen molar-refractivity contribution in [1.82, 2.24) is 24.8 Å². The standard InChI is InChI=1S/C23H24F3N7O2/c1-12(14-3-5-33(6-4-14)21(35)13(2)34)31-22-30-9-15(8-27)19(32-22)18-11-29-20-17(18)7-16(10-28-20)23(24,25)26/h7,9-14,34H,3-6H2,1-2H3,(H,28,29)(H,30,31,32)/t12-,13-/m1/s1. The van der Waals surface area contributed by atoms with Gasteiger partial charge < -0.3 is 20.3 Å². The molecule has 0 radical (unpaired) electrons. The van der Waals surface area contributed by atoms with Gasteiger partial charge in [-0.05, 0) is 38.7 Å². The summed E-state index contributed by atoms with van der Waals surface area (Å²) in [5.41, 5.74) is -0.0192. The maximum absolute atomic E-state index is 13.2. The van der Waals surface area contributed by atoms with Crippen molar-refractivity contribution in [1.29, 1.82) is 5.26 Å². The van der Waals surface area contributed by atoms with Crippen molar-refractivity contribution in [3.63, 3.8) is 0 Å². The van der Waals surface area contributed by atoms with Gasteiger partial charge in [0.15, 0.2) is 0 Å². The van der Waals surface area contributed by atoms with Crippen LogP contribution in [-0.2, 0) is 11.0 Å². The number of aliphatic hydroxyl groups is 1. The molecule has 12 heteroatoms. The van der Waals surface area contributed by atoms with Crippen LogP contribution in [0.15, 0.2) is 24.7 Å². The zero-order valence-corrected chi connectivity index (χ0v) is 19.1. The smallest absolute Gasteiger partial charge is 0.384 e. The van der Waals surface area contributed by atoms with Crippen LogP contribution in [0.1, 0.15) is 37.8 Å². The number of aliphatic hydroxyl groups excluding tert-OH is 1. The van der Waals surface area contributed by atoms with Crippen molar-refractivity contribution in [2.24, 2.45) is 5.92 Å². The Morgan fingerprint density at radius 3 is 2.63 bits per heavy atom. The van der Waals surface area contributed by atoms with E-state index in [0.29, 0.717) is 18.7 Å². The van der Waals surface area contributed by atoms with E-state index in [0.717, 1.165) is 25.1 Å². The average Bonchev–Trinajstić information content (AvgIpc) is 3.26. The number of carbonyl (C=O) groups excluding carboxylic acids is 1. The highest BCUT2D eigenvalue weighted by Crippen LogP contribution is 2.35. The maximum Gasteiger partial charge on any atom is 0.417 e. The largest absolute Gasteiger partial charge is 0.417 e. The first kappa shape index (κ1) is 24.4. The summed E-state index contributed by atoms with van der Waals surface area (Å²) in [7, 11) is 0. The molecule has 0 unspecified atom stereocenters. The molecule has 9 nitrogen and oxygen atoms in total. The number of carbonyl (C=O) groups is 1. The van der Waals surface area contributed by atoms with Crippen molar-refractivity contribution in [2.75, 3.05) is 18.4 Å². The van der Waals surface area contributed by atoms with Gasteiger partial charge in [-0.25, -0.2) is 15.0 Å². The Morgan fingerprint density at radius 2 is 2.00 bits per heavy atom. The van der Waals surface area contributed by atoms with Gasteiger partial charge in [-0.1, -0.05) is 0 Å². The quantitative estimate of drug-likeness (QED) is 0.503. The fourth-order valence-corrected chi connectivity index (χ4v) is 4.30. The Morgan fingerprint density at radius 1 is 1.29 bits per heavy atom. The molecule has 3 aromatic heterocycles. The summed E-state index contributed by atoms with van der Waals surface area (Å²) in [4.78, 5) is 29.0. The summed E-state index contributed by atoms with van der Waals surface area (Å²) >= 11 is 0. The van der Waals surface area contributed by atoms with E-state index in [9.17, 15) is 28.3 Å². The van der Waals surface area contributed by atoms with E-state index < -0.39 is 17.8 Å². The van der Waals surface area contributed by atoms with E-state index in [1.807, 2.05) is 13.0 Å². The molecule has 1 fully saturated rings. The molecule has 0 spiro atoms. The summed E-state index contributed by atoms with van der Waals surface area (Å²) < 4.78 is 39.7. The number of hydrogen-bond acceptors (Lipinski definition) is 7. The van der Waals surface area contributed by atoms with Gasteiger partial charge in [-0.3, -0.25) is 4.79 Å². The number of anilines is 1. The Kier molecular flexibility index (Phi) is 6.62. The Hall–Kier alpha value is -3.72. The fourth-order valence-electron chi connectivity index (χ4n) is 4.30. The number of aromatic nitrogens is 4. The van der Waals surface area contributed by atoms with E-state index in [4.69, 9.17) is 0 Å². The molecule has 0 aromatic carbocycles. The Balaban J connectivity index is 1.57. The van der Waals surface area contributed by atoms with Crippen LogP contribution < -0.4 is 5.32 Å². The molecule has 1 aliphatic heterocycles. The Bertz CT molecular complexity index is 1270. The molecule has 1 amide bonds. The highest BCUT2D eigenvalue weighted by atomic mass is 19.4. The molecule has 3 N–H and O–H groups in total. The topological polar surface area (TPSA) is 131 Å². The summed E-state index contributed by atoms with van der Waals surface area (Å²) in [5.74, 6) is 0.164. The molecule has 1 saturated heterocycles.